The molecule has 0 saturated carbocycles. The minimum atomic E-state index is -0.846. The predicted octanol–water partition coefficient (Wildman–Crippen LogP) is 1.82. The molecular formula is C15H17N3O2S. The number of urea groups is 1. The Morgan fingerprint density at radius 1 is 1.14 bits per heavy atom. The average molecular weight is 303 g/mol. The summed E-state index contributed by atoms with van der Waals surface area (Å²) in [5.41, 5.74) is 5.81. The molecule has 0 aliphatic rings. The molecule has 0 bridgehead atoms. The van der Waals surface area contributed by atoms with Crippen LogP contribution in [0.2, 0.25) is 0 Å². The van der Waals surface area contributed by atoms with Crippen molar-refractivity contribution in [1.29, 1.82) is 0 Å². The van der Waals surface area contributed by atoms with Gasteiger partial charge in [0.25, 0.3) is 0 Å². The van der Waals surface area contributed by atoms with Crippen molar-refractivity contribution in [3.63, 3.8) is 0 Å². The van der Waals surface area contributed by atoms with Gasteiger partial charge in [0.1, 0.15) is 6.04 Å². The number of nitrogens with one attached hydrogen (secondary N) is 2. The van der Waals surface area contributed by atoms with E-state index in [-0.39, 0.29) is 0 Å². The van der Waals surface area contributed by atoms with E-state index in [9.17, 15) is 9.59 Å². The highest BCUT2D eigenvalue weighted by Crippen LogP contribution is 2.14. The Morgan fingerprint density at radius 2 is 1.90 bits per heavy atom. The average Bonchev–Trinajstić information content (AvgIpc) is 2.97. The van der Waals surface area contributed by atoms with Gasteiger partial charge in [-0.2, -0.15) is 0 Å². The number of thiophene rings is 1. The lowest BCUT2D eigenvalue weighted by Crippen LogP contribution is -2.43. The van der Waals surface area contributed by atoms with Crippen LogP contribution in [0.3, 0.4) is 0 Å². The largest absolute Gasteiger partial charge is 0.351 e. The number of nitrogens with two attached hydrogens (primary N) is 1. The number of primary amides is 1. The summed E-state index contributed by atoms with van der Waals surface area (Å²) in [5.74, 6) is -0.445. The third-order valence-corrected chi connectivity index (χ3v) is 3.88. The number of benzene rings is 1. The van der Waals surface area contributed by atoms with Crippen LogP contribution in [0.4, 0.5) is 4.79 Å². The first-order chi connectivity index (χ1) is 10.2. The van der Waals surface area contributed by atoms with Crippen molar-refractivity contribution in [3.8, 4) is 0 Å². The number of carbonyl (C=O) groups excluding carboxylic acids is 2. The van der Waals surface area contributed by atoms with Crippen LogP contribution in [0.5, 0.6) is 0 Å². The van der Waals surface area contributed by atoms with E-state index >= 15 is 0 Å². The molecule has 0 fully saturated rings. The maximum absolute atomic E-state index is 12.1. The summed E-state index contributed by atoms with van der Waals surface area (Å²) in [7, 11) is 0. The fraction of sp³-hybridized carbons (Fsp3) is 0.200. The van der Waals surface area contributed by atoms with Gasteiger partial charge in [0.15, 0.2) is 0 Å². The first-order valence-corrected chi connectivity index (χ1v) is 7.46. The van der Waals surface area contributed by atoms with E-state index in [4.69, 9.17) is 5.73 Å². The summed E-state index contributed by atoms with van der Waals surface area (Å²) in [6.07, 6.45) is 0.824. The normalized spacial score (nSPS) is 11.8. The minimum absolute atomic E-state index is 0.445. The molecule has 1 atom stereocenters. The van der Waals surface area contributed by atoms with E-state index in [0.717, 1.165) is 12.0 Å². The molecule has 21 heavy (non-hydrogen) atoms. The molecule has 3 amide bonds. The number of hydrogen-bond donors (Lipinski definition) is 3. The molecule has 0 saturated heterocycles. The minimum Gasteiger partial charge on any atom is -0.351 e. The molecule has 6 heteroatoms. The Labute approximate surface area is 127 Å². The zero-order valence-electron chi connectivity index (χ0n) is 11.4. The van der Waals surface area contributed by atoms with Crippen molar-refractivity contribution in [1.82, 2.24) is 10.6 Å². The van der Waals surface area contributed by atoms with E-state index < -0.39 is 18.0 Å². The number of carbonyl (C=O) groups is 2. The van der Waals surface area contributed by atoms with Crippen LogP contribution in [0.15, 0.2) is 47.8 Å². The van der Waals surface area contributed by atoms with Crippen molar-refractivity contribution in [2.45, 2.75) is 12.5 Å². The smallest absolute Gasteiger partial charge is 0.318 e. The van der Waals surface area contributed by atoms with Gasteiger partial charge in [0.2, 0.25) is 5.91 Å². The van der Waals surface area contributed by atoms with Gasteiger partial charge < -0.3 is 11.1 Å². The maximum atomic E-state index is 12.1. The third-order valence-electron chi connectivity index (χ3n) is 2.94. The third kappa shape index (κ3) is 4.70. The molecule has 4 N–H and O–H groups in total. The van der Waals surface area contributed by atoms with Crippen LogP contribution < -0.4 is 16.4 Å². The van der Waals surface area contributed by atoms with Crippen molar-refractivity contribution in [3.05, 3.63) is 58.3 Å². The fourth-order valence-corrected chi connectivity index (χ4v) is 2.70. The van der Waals surface area contributed by atoms with E-state index in [1.165, 1.54) is 4.88 Å². The van der Waals surface area contributed by atoms with Crippen LogP contribution in [0, 0.1) is 0 Å². The standard InChI is InChI=1S/C15H17N3O2S/c16-15(20)18-14(19)13(11-5-2-1-3-6-11)17-9-8-12-7-4-10-21-12/h1-7,10,13,17H,8-9H2,(H3,16,18,19,20)/t13-/m1/s1. The molecule has 2 rings (SSSR count). The molecule has 1 aromatic carbocycles. The highest BCUT2D eigenvalue weighted by atomic mass is 32.1. The maximum Gasteiger partial charge on any atom is 0.318 e. The fourth-order valence-electron chi connectivity index (χ4n) is 2.00. The van der Waals surface area contributed by atoms with Gasteiger partial charge in [0.05, 0.1) is 0 Å². The summed E-state index contributed by atoms with van der Waals surface area (Å²) in [4.78, 5) is 24.2. The molecule has 0 aliphatic carbocycles. The Balaban J connectivity index is 2.01. The van der Waals surface area contributed by atoms with Crippen molar-refractivity contribution in [2.24, 2.45) is 5.73 Å². The van der Waals surface area contributed by atoms with Gasteiger partial charge in [-0.3, -0.25) is 10.1 Å². The Morgan fingerprint density at radius 3 is 2.52 bits per heavy atom. The summed E-state index contributed by atoms with van der Waals surface area (Å²) in [6, 6.07) is 11.8. The molecule has 1 heterocycles. The molecule has 0 spiro atoms. The molecule has 5 nitrogen and oxygen atoms in total. The van der Waals surface area contributed by atoms with Crippen molar-refractivity contribution < 1.29 is 9.59 Å². The molecule has 110 valence electrons. The predicted molar refractivity (Wildman–Crippen MR) is 82.9 cm³/mol. The van der Waals surface area contributed by atoms with E-state index in [0.29, 0.717) is 6.54 Å². The summed E-state index contributed by atoms with van der Waals surface area (Å²) >= 11 is 1.67. The van der Waals surface area contributed by atoms with Crippen LogP contribution in [0.1, 0.15) is 16.5 Å². The monoisotopic (exact) mass is 303 g/mol. The van der Waals surface area contributed by atoms with Crippen LogP contribution >= 0.6 is 11.3 Å². The molecule has 0 aliphatic heterocycles. The van der Waals surface area contributed by atoms with Crippen LogP contribution in [-0.2, 0) is 11.2 Å². The molecule has 2 aromatic rings. The summed E-state index contributed by atoms with van der Waals surface area (Å²) in [6.45, 7) is 0.631. The second kappa shape index (κ2) is 7.56. The topological polar surface area (TPSA) is 84.2 Å². The molecule has 0 unspecified atom stereocenters. The molecule has 0 radical (unpaired) electrons. The van der Waals surface area contributed by atoms with Crippen LogP contribution in [0.25, 0.3) is 0 Å². The van der Waals surface area contributed by atoms with Gasteiger partial charge in [-0.15, -0.1) is 11.3 Å². The van der Waals surface area contributed by atoms with Crippen LogP contribution in [-0.4, -0.2) is 18.5 Å². The second-order valence-corrected chi connectivity index (χ2v) is 5.51. The van der Waals surface area contributed by atoms with E-state index in [1.54, 1.807) is 11.3 Å². The lowest BCUT2D eigenvalue weighted by molar-refractivity contribution is -0.122. The zero-order valence-corrected chi connectivity index (χ0v) is 12.2. The van der Waals surface area contributed by atoms with Gasteiger partial charge in [-0.1, -0.05) is 36.4 Å². The van der Waals surface area contributed by atoms with Gasteiger partial charge in [0, 0.05) is 11.4 Å². The Hall–Kier alpha value is -2.18. The second-order valence-electron chi connectivity index (χ2n) is 4.48. The Bertz CT molecular complexity index is 584. The first kappa shape index (κ1) is 15.2. The van der Waals surface area contributed by atoms with E-state index in [2.05, 4.69) is 10.6 Å². The quantitative estimate of drug-likeness (QED) is 0.761. The SMILES string of the molecule is NC(=O)NC(=O)[C@H](NCCc1cccs1)c1ccccc1. The first-order valence-electron chi connectivity index (χ1n) is 6.58. The molecular weight excluding hydrogens is 286 g/mol. The number of rotatable bonds is 6. The molecule has 1 aromatic heterocycles. The summed E-state index contributed by atoms with van der Waals surface area (Å²) in [5, 5.41) is 7.31. The van der Waals surface area contributed by atoms with Crippen molar-refractivity contribution >= 4 is 23.3 Å². The number of hydrogen-bond acceptors (Lipinski definition) is 4. The summed E-state index contributed by atoms with van der Waals surface area (Å²) < 4.78 is 0. The van der Waals surface area contributed by atoms with Crippen molar-refractivity contribution in [2.75, 3.05) is 6.54 Å². The highest BCUT2D eigenvalue weighted by molar-refractivity contribution is 7.09. The van der Waals surface area contributed by atoms with Gasteiger partial charge in [-0.25, -0.2) is 4.79 Å². The Kier molecular flexibility index (Phi) is 5.48. The lowest BCUT2D eigenvalue weighted by Gasteiger charge is -2.17. The van der Waals surface area contributed by atoms with Gasteiger partial charge >= 0.3 is 6.03 Å². The number of amides is 3. The van der Waals surface area contributed by atoms with E-state index in [1.807, 2.05) is 47.8 Å². The highest BCUT2D eigenvalue weighted by Gasteiger charge is 2.20. The number of imide groups is 1. The lowest BCUT2D eigenvalue weighted by atomic mass is 10.1. The van der Waals surface area contributed by atoms with Gasteiger partial charge in [-0.05, 0) is 23.4 Å². The zero-order chi connectivity index (χ0) is 15.1.